The summed E-state index contributed by atoms with van der Waals surface area (Å²) in [6.07, 6.45) is 0. The summed E-state index contributed by atoms with van der Waals surface area (Å²) < 4.78 is 11.7. The van der Waals surface area contributed by atoms with Gasteiger partial charge in [0.1, 0.15) is 13.2 Å². The molecule has 2 aromatic carbocycles. The Labute approximate surface area is 153 Å². The molecule has 0 spiro atoms. The molecule has 0 unspecified atom stereocenters. The number of rotatable bonds is 5. The molecule has 2 aromatic rings. The third-order valence-electron chi connectivity index (χ3n) is 3.65. The highest BCUT2D eigenvalue weighted by Crippen LogP contribution is 2.38. The van der Waals surface area contributed by atoms with Gasteiger partial charge in [-0.05, 0) is 47.1 Å². The van der Waals surface area contributed by atoms with E-state index in [0.717, 1.165) is 10.2 Å². The molecule has 1 heterocycles. The summed E-state index contributed by atoms with van der Waals surface area (Å²) in [5.41, 5.74) is 2.01. The van der Waals surface area contributed by atoms with Gasteiger partial charge in [-0.15, -0.1) is 0 Å². The lowest BCUT2D eigenvalue weighted by Crippen LogP contribution is -2.22. The monoisotopic (exact) mass is 404 g/mol. The van der Waals surface area contributed by atoms with Gasteiger partial charge in [-0.3, -0.25) is 9.59 Å². The molecule has 1 aliphatic heterocycles. The molecular formula is C18H17BrN2O4. The number of nitrogens with one attached hydrogen (secondary N) is 2. The molecule has 7 heteroatoms. The minimum atomic E-state index is -0.201. The zero-order chi connectivity index (χ0) is 17.8. The molecule has 0 radical (unpaired) electrons. The van der Waals surface area contributed by atoms with E-state index in [2.05, 4.69) is 26.6 Å². The van der Waals surface area contributed by atoms with Crippen LogP contribution in [0.1, 0.15) is 17.3 Å². The number of amides is 1. The van der Waals surface area contributed by atoms with Crippen molar-refractivity contribution in [2.45, 2.75) is 6.92 Å². The molecule has 25 heavy (non-hydrogen) atoms. The second-order valence-electron chi connectivity index (χ2n) is 5.51. The van der Waals surface area contributed by atoms with E-state index < -0.39 is 0 Å². The van der Waals surface area contributed by atoms with E-state index >= 15 is 0 Å². The first-order valence-electron chi connectivity index (χ1n) is 7.77. The Bertz CT molecular complexity index is 805. The average molecular weight is 405 g/mol. The van der Waals surface area contributed by atoms with Crippen LogP contribution in [0.3, 0.4) is 0 Å². The molecule has 0 aliphatic carbocycles. The largest absolute Gasteiger partial charge is 0.486 e. The lowest BCUT2D eigenvalue weighted by molar-refractivity contribution is -0.114. The van der Waals surface area contributed by atoms with Crippen LogP contribution in [-0.2, 0) is 4.79 Å². The smallest absolute Gasteiger partial charge is 0.243 e. The second-order valence-corrected chi connectivity index (χ2v) is 6.37. The van der Waals surface area contributed by atoms with Crippen molar-refractivity contribution in [2.24, 2.45) is 0 Å². The van der Waals surface area contributed by atoms with Gasteiger partial charge in [-0.25, -0.2) is 0 Å². The molecule has 6 nitrogen and oxygen atoms in total. The van der Waals surface area contributed by atoms with Gasteiger partial charge in [0.25, 0.3) is 0 Å². The number of Topliss-reactive ketones (excluding diaryl/α,β-unsaturated/α-hetero) is 1. The molecule has 3 rings (SSSR count). The molecule has 130 valence electrons. The first-order chi connectivity index (χ1) is 12.0. The van der Waals surface area contributed by atoms with Crippen molar-refractivity contribution in [3.63, 3.8) is 0 Å². The molecule has 0 saturated carbocycles. The number of ketones is 1. The van der Waals surface area contributed by atoms with Crippen LogP contribution in [0.5, 0.6) is 11.5 Å². The maximum absolute atomic E-state index is 12.2. The van der Waals surface area contributed by atoms with Crippen molar-refractivity contribution in [3.05, 3.63) is 46.4 Å². The quantitative estimate of drug-likeness (QED) is 0.746. The van der Waals surface area contributed by atoms with Crippen molar-refractivity contribution in [3.8, 4) is 11.5 Å². The fourth-order valence-electron chi connectivity index (χ4n) is 2.36. The van der Waals surface area contributed by atoms with Crippen LogP contribution in [0, 0.1) is 0 Å². The standard InChI is InChI=1S/C18H17BrN2O4/c1-11(22)12-2-4-13(5-3-12)20-10-18(23)21-15-9-17-16(8-14(15)19)24-6-7-25-17/h2-5,8-9,20H,6-7,10H2,1H3,(H,21,23). The van der Waals surface area contributed by atoms with Crippen LogP contribution in [-0.4, -0.2) is 31.4 Å². The molecule has 0 aromatic heterocycles. The van der Waals surface area contributed by atoms with Crippen molar-refractivity contribution < 1.29 is 19.1 Å². The Kier molecular flexibility index (Phi) is 5.23. The van der Waals surface area contributed by atoms with Gasteiger partial charge in [0, 0.05) is 27.9 Å². The highest BCUT2D eigenvalue weighted by Gasteiger charge is 2.16. The summed E-state index contributed by atoms with van der Waals surface area (Å²) in [7, 11) is 0. The number of ether oxygens (including phenoxy) is 2. The van der Waals surface area contributed by atoms with Crippen molar-refractivity contribution in [1.82, 2.24) is 0 Å². The van der Waals surface area contributed by atoms with Gasteiger partial charge in [-0.1, -0.05) is 0 Å². The van der Waals surface area contributed by atoms with E-state index in [4.69, 9.17) is 9.47 Å². The number of fused-ring (bicyclic) bond motifs is 1. The third-order valence-corrected chi connectivity index (χ3v) is 4.31. The summed E-state index contributed by atoms with van der Waals surface area (Å²) in [6, 6.07) is 10.5. The zero-order valence-corrected chi connectivity index (χ0v) is 15.2. The van der Waals surface area contributed by atoms with Gasteiger partial charge in [0.2, 0.25) is 5.91 Å². The van der Waals surface area contributed by atoms with Crippen LogP contribution in [0.15, 0.2) is 40.9 Å². The van der Waals surface area contributed by atoms with Gasteiger partial charge in [0.05, 0.1) is 12.2 Å². The lowest BCUT2D eigenvalue weighted by atomic mass is 10.1. The normalized spacial score (nSPS) is 12.4. The maximum atomic E-state index is 12.2. The number of hydrogen-bond donors (Lipinski definition) is 2. The summed E-state index contributed by atoms with van der Waals surface area (Å²) >= 11 is 3.42. The molecular weight excluding hydrogens is 388 g/mol. The minimum Gasteiger partial charge on any atom is -0.486 e. The number of halogens is 1. The fraction of sp³-hybridized carbons (Fsp3) is 0.222. The Morgan fingerprint density at radius 2 is 1.72 bits per heavy atom. The van der Waals surface area contributed by atoms with Crippen LogP contribution in [0.25, 0.3) is 0 Å². The first-order valence-corrected chi connectivity index (χ1v) is 8.56. The Balaban J connectivity index is 1.60. The molecule has 0 fully saturated rings. The lowest BCUT2D eigenvalue weighted by Gasteiger charge is -2.20. The molecule has 2 N–H and O–H groups in total. The number of anilines is 2. The van der Waals surface area contributed by atoms with Crippen LogP contribution < -0.4 is 20.1 Å². The topological polar surface area (TPSA) is 76.7 Å². The Morgan fingerprint density at radius 1 is 1.08 bits per heavy atom. The minimum absolute atomic E-state index is 0.00718. The van der Waals surface area contributed by atoms with E-state index in [-0.39, 0.29) is 18.2 Å². The fourth-order valence-corrected chi connectivity index (χ4v) is 2.78. The highest BCUT2D eigenvalue weighted by molar-refractivity contribution is 9.10. The summed E-state index contributed by atoms with van der Waals surface area (Å²) in [5.74, 6) is 1.07. The number of carbonyl (C=O) groups excluding carboxylic acids is 2. The van der Waals surface area contributed by atoms with E-state index in [1.807, 2.05) is 0 Å². The highest BCUT2D eigenvalue weighted by atomic mass is 79.9. The van der Waals surface area contributed by atoms with Crippen molar-refractivity contribution >= 4 is 39.0 Å². The predicted octanol–water partition coefficient (Wildman–Crippen LogP) is 3.47. The Morgan fingerprint density at radius 3 is 2.36 bits per heavy atom. The van der Waals surface area contributed by atoms with Crippen molar-refractivity contribution in [1.29, 1.82) is 0 Å². The molecule has 0 saturated heterocycles. The first kappa shape index (κ1) is 17.3. The number of carbonyl (C=O) groups is 2. The molecule has 0 bridgehead atoms. The zero-order valence-electron chi connectivity index (χ0n) is 13.6. The van der Waals surface area contributed by atoms with E-state index in [9.17, 15) is 9.59 Å². The van der Waals surface area contributed by atoms with Crippen molar-refractivity contribution in [2.75, 3.05) is 30.4 Å². The van der Waals surface area contributed by atoms with E-state index in [0.29, 0.717) is 36.0 Å². The van der Waals surface area contributed by atoms with E-state index in [1.165, 1.54) is 6.92 Å². The SMILES string of the molecule is CC(=O)c1ccc(NCC(=O)Nc2cc3c(cc2Br)OCCO3)cc1. The van der Waals surface area contributed by atoms with Gasteiger partial charge >= 0.3 is 0 Å². The summed E-state index contributed by atoms with van der Waals surface area (Å²) in [4.78, 5) is 23.4. The Hall–Kier alpha value is -2.54. The van der Waals surface area contributed by atoms with Gasteiger partial charge in [-0.2, -0.15) is 0 Å². The average Bonchev–Trinajstić information content (AvgIpc) is 2.61. The number of hydrogen-bond acceptors (Lipinski definition) is 5. The number of benzene rings is 2. The van der Waals surface area contributed by atoms with Crippen LogP contribution in [0.2, 0.25) is 0 Å². The van der Waals surface area contributed by atoms with Gasteiger partial charge in [0.15, 0.2) is 17.3 Å². The second kappa shape index (κ2) is 7.57. The van der Waals surface area contributed by atoms with Crippen LogP contribution >= 0.6 is 15.9 Å². The third kappa shape index (κ3) is 4.30. The summed E-state index contributed by atoms with van der Waals surface area (Å²) in [6.45, 7) is 2.61. The summed E-state index contributed by atoms with van der Waals surface area (Å²) in [5, 5.41) is 5.84. The van der Waals surface area contributed by atoms with Crippen LogP contribution in [0.4, 0.5) is 11.4 Å². The molecule has 1 aliphatic rings. The molecule has 0 atom stereocenters. The van der Waals surface area contributed by atoms with E-state index in [1.54, 1.807) is 36.4 Å². The molecule has 1 amide bonds. The predicted molar refractivity (Wildman–Crippen MR) is 98.7 cm³/mol. The maximum Gasteiger partial charge on any atom is 0.243 e. The van der Waals surface area contributed by atoms with Gasteiger partial charge < -0.3 is 20.1 Å².